The summed E-state index contributed by atoms with van der Waals surface area (Å²) in [4.78, 5) is 25.5. The van der Waals surface area contributed by atoms with Crippen molar-refractivity contribution in [3.05, 3.63) is 24.3 Å². The Morgan fingerprint density at radius 2 is 2.06 bits per heavy atom. The third kappa shape index (κ3) is 2.85. The molecule has 1 aliphatic heterocycles. The fourth-order valence-corrected chi connectivity index (χ4v) is 2.98. The van der Waals surface area contributed by atoms with Gasteiger partial charge in [0.25, 0.3) is 0 Å². The molecule has 0 bridgehead atoms. The van der Waals surface area contributed by atoms with E-state index < -0.39 is 0 Å². The highest BCUT2D eigenvalue weighted by Gasteiger charge is 2.26. The van der Waals surface area contributed by atoms with Gasteiger partial charge in [-0.2, -0.15) is 0 Å². The molecule has 0 fully saturated rings. The lowest BCUT2D eigenvalue weighted by molar-refractivity contribution is -0.145. The van der Waals surface area contributed by atoms with Crippen molar-refractivity contribution < 1.29 is 14.3 Å². The molecule has 96 valence electrons. The quantitative estimate of drug-likeness (QED) is 0.729. The van der Waals surface area contributed by atoms with Crippen molar-refractivity contribution >= 4 is 29.3 Å². The first-order chi connectivity index (χ1) is 8.58. The lowest BCUT2D eigenvalue weighted by Gasteiger charge is -2.23. The molecular formula is C13H15NO3S. The molecule has 1 amide bonds. The first-order valence-corrected chi connectivity index (χ1v) is 6.73. The summed E-state index contributed by atoms with van der Waals surface area (Å²) in [6, 6.07) is 7.74. The standard InChI is InChI=1S/C13H15NO3S/c1-9(15)14-7-11(17-10(2)16)8-18-13-6-4-3-5-12(13)14/h3-6,11H,7-8H2,1-2H3. The number of carbonyl (C=O) groups is 2. The summed E-state index contributed by atoms with van der Waals surface area (Å²) in [5.74, 6) is 0.317. The molecule has 1 unspecified atom stereocenters. The number of fused-ring (bicyclic) bond motifs is 1. The van der Waals surface area contributed by atoms with Crippen molar-refractivity contribution in [2.75, 3.05) is 17.2 Å². The number of benzene rings is 1. The van der Waals surface area contributed by atoms with Crippen molar-refractivity contribution in [2.24, 2.45) is 0 Å². The minimum absolute atomic E-state index is 0.0397. The minimum atomic E-state index is -0.310. The van der Waals surface area contributed by atoms with Crippen molar-refractivity contribution in [3.63, 3.8) is 0 Å². The van der Waals surface area contributed by atoms with Gasteiger partial charge >= 0.3 is 5.97 Å². The third-order valence-electron chi connectivity index (χ3n) is 2.68. The van der Waals surface area contributed by atoms with Crippen LogP contribution >= 0.6 is 11.8 Å². The number of para-hydroxylation sites is 1. The number of hydrogen-bond donors (Lipinski definition) is 0. The summed E-state index contributed by atoms with van der Waals surface area (Å²) < 4.78 is 5.23. The van der Waals surface area contributed by atoms with Crippen molar-refractivity contribution in [3.8, 4) is 0 Å². The van der Waals surface area contributed by atoms with Gasteiger partial charge in [0.05, 0.1) is 12.2 Å². The normalized spacial score (nSPS) is 18.8. The van der Waals surface area contributed by atoms with Crippen LogP contribution in [-0.2, 0) is 14.3 Å². The van der Waals surface area contributed by atoms with Gasteiger partial charge in [-0.1, -0.05) is 12.1 Å². The Morgan fingerprint density at radius 1 is 1.33 bits per heavy atom. The van der Waals surface area contributed by atoms with E-state index >= 15 is 0 Å². The van der Waals surface area contributed by atoms with Crippen molar-refractivity contribution in [1.82, 2.24) is 0 Å². The van der Waals surface area contributed by atoms with Crippen LogP contribution < -0.4 is 4.90 Å². The molecule has 0 spiro atoms. The summed E-state index contributed by atoms with van der Waals surface area (Å²) in [5.41, 5.74) is 0.893. The van der Waals surface area contributed by atoms with E-state index in [9.17, 15) is 9.59 Å². The van der Waals surface area contributed by atoms with Gasteiger partial charge < -0.3 is 9.64 Å². The second kappa shape index (κ2) is 5.44. The molecule has 0 aliphatic carbocycles. The summed E-state index contributed by atoms with van der Waals surface area (Å²) in [6.07, 6.45) is -0.260. The summed E-state index contributed by atoms with van der Waals surface area (Å²) >= 11 is 1.61. The Labute approximate surface area is 110 Å². The third-order valence-corrected chi connectivity index (χ3v) is 3.87. The maximum atomic E-state index is 11.7. The molecule has 0 aromatic heterocycles. The van der Waals surface area contributed by atoms with Gasteiger partial charge in [-0.25, -0.2) is 0 Å². The first kappa shape index (κ1) is 13.0. The SMILES string of the molecule is CC(=O)OC1CSc2ccccc2N(C(C)=O)C1. The predicted molar refractivity (Wildman–Crippen MR) is 70.7 cm³/mol. The number of ether oxygens (including phenoxy) is 1. The molecule has 1 heterocycles. The zero-order valence-electron chi connectivity index (χ0n) is 10.4. The van der Waals surface area contributed by atoms with Crippen LogP contribution in [0.2, 0.25) is 0 Å². The predicted octanol–water partition coefficient (Wildman–Crippen LogP) is 2.08. The molecule has 5 heteroatoms. The highest BCUT2D eigenvalue weighted by atomic mass is 32.2. The maximum absolute atomic E-state index is 11.7. The van der Waals surface area contributed by atoms with Crippen LogP contribution in [-0.4, -0.2) is 30.3 Å². The Morgan fingerprint density at radius 3 is 2.72 bits per heavy atom. The monoisotopic (exact) mass is 265 g/mol. The van der Waals surface area contributed by atoms with Gasteiger partial charge in [0, 0.05) is 24.5 Å². The zero-order chi connectivity index (χ0) is 13.1. The number of anilines is 1. The van der Waals surface area contributed by atoms with Crippen LogP contribution in [0.5, 0.6) is 0 Å². The van der Waals surface area contributed by atoms with E-state index in [4.69, 9.17) is 4.74 Å². The number of esters is 1. The minimum Gasteiger partial charge on any atom is -0.460 e. The number of thioether (sulfide) groups is 1. The fourth-order valence-electron chi connectivity index (χ4n) is 1.94. The Hall–Kier alpha value is -1.49. The Bertz CT molecular complexity index is 475. The lowest BCUT2D eigenvalue weighted by Crippen LogP contribution is -2.38. The van der Waals surface area contributed by atoms with Gasteiger partial charge in [0.1, 0.15) is 6.10 Å². The number of hydrogen-bond acceptors (Lipinski definition) is 4. The number of rotatable bonds is 1. The van der Waals surface area contributed by atoms with Crippen LogP contribution in [0.3, 0.4) is 0 Å². The maximum Gasteiger partial charge on any atom is 0.302 e. The van der Waals surface area contributed by atoms with E-state index in [1.165, 1.54) is 13.8 Å². The van der Waals surface area contributed by atoms with Gasteiger partial charge in [-0.3, -0.25) is 9.59 Å². The first-order valence-electron chi connectivity index (χ1n) is 5.75. The second-order valence-corrected chi connectivity index (χ2v) is 5.20. The highest BCUT2D eigenvalue weighted by Crippen LogP contribution is 2.34. The molecule has 0 saturated heterocycles. The fraction of sp³-hybridized carbons (Fsp3) is 0.385. The van der Waals surface area contributed by atoms with Gasteiger partial charge in [0.15, 0.2) is 0 Å². The van der Waals surface area contributed by atoms with E-state index in [0.29, 0.717) is 12.3 Å². The van der Waals surface area contributed by atoms with E-state index in [2.05, 4.69) is 0 Å². The molecule has 2 rings (SSSR count). The molecule has 0 saturated carbocycles. The Kier molecular flexibility index (Phi) is 3.91. The summed E-state index contributed by atoms with van der Waals surface area (Å²) in [7, 11) is 0. The lowest BCUT2D eigenvalue weighted by atomic mass is 10.2. The summed E-state index contributed by atoms with van der Waals surface area (Å²) in [5, 5.41) is 0. The molecule has 18 heavy (non-hydrogen) atoms. The van der Waals surface area contributed by atoms with Crippen molar-refractivity contribution in [1.29, 1.82) is 0 Å². The smallest absolute Gasteiger partial charge is 0.302 e. The molecule has 0 N–H and O–H groups in total. The molecule has 4 nitrogen and oxygen atoms in total. The largest absolute Gasteiger partial charge is 0.460 e. The molecule has 0 radical (unpaired) electrons. The van der Waals surface area contributed by atoms with Crippen LogP contribution in [0, 0.1) is 0 Å². The molecule has 1 atom stereocenters. The number of carbonyl (C=O) groups excluding carboxylic acids is 2. The summed E-state index contributed by atoms with van der Waals surface area (Å²) in [6.45, 7) is 3.33. The van der Waals surface area contributed by atoms with E-state index in [1.54, 1.807) is 16.7 Å². The molecular weight excluding hydrogens is 250 g/mol. The molecule has 1 aromatic carbocycles. The Balaban J connectivity index is 2.28. The van der Waals surface area contributed by atoms with E-state index in [0.717, 1.165) is 10.6 Å². The van der Waals surface area contributed by atoms with Gasteiger partial charge in [-0.05, 0) is 12.1 Å². The number of nitrogens with zero attached hydrogens (tertiary/aromatic N) is 1. The van der Waals surface area contributed by atoms with E-state index in [-0.39, 0.29) is 18.0 Å². The molecule has 1 aliphatic rings. The second-order valence-electron chi connectivity index (χ2n) is 4.14. The van der Waals surface area contributed by atoms with E-state index in [1.807, 2.05) is 24.3 Å². The van der Waals surface area contributed by atoms with Gasteiger partial charge in [0.2, 0.25) is 5.91 Å². The molecule has 1 aromatic rings. The van der Waals surface area contributed by atoms with Crippen LogP contribution in [0.1, 0.15) is 13.8 Å². The average molecular weight is 265 g/mol. The van der Waals surface area contributed by atoms with Crippen LogP contribution in [0.4, 0.5) is 5.69 Å². The van der Waals surface area contributed by atoms with Gasteiger partial charge in [-0.15, -0.1) is 11.8 Å². The van der Waals surface area contributed by atoms with Crippen molar-refractivity contribution in [2.45, 2.75) is 24.8 Å². The average Bonchev–Trinajstić information content (AvgIpc) is 2.49. The zero-order valence-corrected chi connectivity index (χ0v) is 11.2. The topological polar surface area (TPSA) is 46.6 Å². The highest BCUT2D eigenvalue weighted by molar-refractivity contribution is 7.99. The van der Waals surface area contributed by atoms with Crippen LogP contribution in [0.25, 0.3) is 0 Å². The van der Waals surface area contributed by atoms with Crippen LogP contribution in [0.15, 0.2) is 29.2 Å². The number of amides is 1.